The maximum atomic E-state index is 11.5. The zero-order chi connectivity index (χ0) is 10.6. The van der Waals surface area contributed by atoms with E-state index in [4.69, 9.17) is 5.73 Å². The minimum absolute atomic E-state index is 0.103. The molecular formula is C9H16N2O3. The molecule has 0 spiro atoms. The first-order chi connectivity index (χ1) is 6.58. The monoisotopic (exact) mass is 200 g/mol. The summed E-state index contributed by atoms with van der Waals surface area (Å²) in [6, 6.07) is 0. The van der Waals surface area contributed by atoms with Gasteiger partial charge in [0.2, 0.25) is 5.91 Å². The van der Waals surface area contributed by atoms with Crippen LogP contribution >= 0.6 is 0 Å². The second-order valence-electron chi connectivity index (χ2n) is 3.62. The van der Waals surface area contributed by atoms with Gasteiger partial charge >= 0.3 is 5.97 Å². The number of esters is 1. The number of carbonyl (C=O) groups excluding carboxylic acids is 2. The third-order valence-corrected chi connectivity index (χ3v) is 2.57. The molecule has 0 aromatic rings. The van der Waals surface area contributed by atoms with E-state index in [1.165, 1.54) is 7.11 Å². The number of rotatable bonds is 3. The van der Waals surface area contributed by atoms with Crippen LogP contribution in [0.25, 0.3) is 0 Å². The van der Waals surface area contributed by atoms with Crippen molar-refractivity contribution in [3.8, 4) is 0 Å². The number of amides is 1. The summed E-state index contributed by atoms with van der Waals surface area (Å²) in [5.74, 6) is -0.708. The Morgan fingerprint density at radius 3 is 2.50 bits per heavy atom. The van der Waals surface area contributed by atoms with E-state index in [0.29, 0.717) is 12.8 Å². The molecule has 0 atom stereocenters. The Labute approximate surface area is 83.0 Å². The molecule has 0 radical (unpaired) electrons. The molecule has 14 heavy (non-hydrogen) atoms. The summed E-state index contributed by atoms with van der Waals surface area (Å²) in [5, 5.41) is 2.48. The predicted octanol–water partition coefficient (Wildman–Crippen LogP) is -0.453. The molecule has 5 nitrogen and oxygen atoms in total. The highest BCUT2D eigenvalue weighted by atomic mass is 16.5. The summed E-state index contributed by atoms with van der Waals surface area (Å²) < 4.78 is 4.40. The standard InChI is InChI=1S/C9H16N2O3/c1-14-7(12)6-11-8(13)9(10)4-2-3-5-9/h2-6,10H2,1H3,(H,11,13). The third-order valence-electron chi connectivity index (χ3n) is 2.57. The molecule has 1 saturated carbocycles. The molecule has 1 amide bonds. The van der Waals surface area contributed by atoms with E-state index in [1.807, 2.05) is 0 Å². The first kappa shape index (κ1) is 11.0. The van der Waals surface area contributed by atoms with Gasteiger partial charge in [-0.15, -0.1) is 0 Å². The van der Waals surface area contributed by atoms with Crippen molar-refractivity contribution in [2.75, 3.05) is 13.7 Å². The van der Waals surface area contributed by atoms with Crippen LogP contribution in [0.2, 0.25) is 0 Å². The molecule has 1 aliphatic rings. The fourth-order valence-corrected chi connectivity index (χ4v) is 1.63. The van der Waals surface area contributed by atoms with Crippen LogP contribution in [0.4, 0.5) is 0 Å². The van der Waals surface area contributed by atoms with Crippen molar-refractivity contribution in [2.45, 2.75) is 31.2 Å². The zero-order valence-electron chi connectivity index (χ0n) is 8.34. The second-order valence-corrected chi connectivity index (χ2v) is 3.62. The van der Waals surface area contributed by atoms with Crippen molar-refractivity contribution in [1.29, 1.82) is 0 Å². The number of nitrogens with two attached hydrogens (primary N) is 1. The molecular weight excluding hydrogens is 184 g/mol. The van der Waals surface area contributed by atoms with Gasteiger partial charge in [-0.05, 0) is 12.8 Å². The van der Waals surface area contributed by atoms with Gasteiger partial charge in [-0.25, -0.2) is 0 Å². The maximum absolute atomic E-state index is 11.5. The molecule has 1 aliphatic carbocycles. The topological polar surface area (TPSA) is 81.4 Å². The summed E-state index contributed by atoms with van der Waals surface area (Å²) in [7, 11) is 1.28. The van der Waals surface area contributed by atoms with Crippen molar-refractivity contribution in [1.82, 2.24) is 5.32 Å². The van der Waals surface area contributed by atoms with Crippen LogP contribution in [0.5, 0.6) is 0 Å². The predicted molar refractivity (Wildman–Crippen MR) is 50.4 cm³/mol. The lowest BCUT2D eigenvalue weighted by Crippen LogP contribution is -2.52. The first-order valence-electron chi connectivity index (χ1n) is 4.72. The summed E-state index contributed by atoms with van der Waals surface area (Å²) in [6.45, 7) is -0.103. The second kappa shape index (κ2) is 4.41. The zero-order valence-corrected chi connectivity index (χ0v) is 8.34. The van der Waals surface area contributed by atoms with Gasteiger partial charge in [-0.2, -0.15) is 0 Å². The van der Waals surface area contributed by atoms with Gasteiger partial charge in [-0.3, -0.25) is 9.59 Å². The molecule has 0 aromatic heterocycles. The van der Waals surface area contributed by atoms with Gasteiger partial charge in [0, 0.05) is 0 Å². The SMILES string of the molecule is COC(=O)CNC(=O)C1(N)CCCC1. The largest absolute Gasteiger partial charge is 0.468 e. The fraction of sp³-hybridized carbons (Fsp3) is 0.778. The third kappa shape index (κ3) is 2.45. The number of ether oxygens (including phenoxy) is 1. The smallest absolute Gasteiger partial charge is 0.325 e. The Morgan fingerprint density at radius 1 is 1.43 bits per heavy atom. The van der Waals surface area contributed by atoms with Gasteiger partial charge in [0.25, 0.3) is 0 Å². The Bertz CT molecular complexity index is 234. The van der Waals surface area contributed by atoms with Gasteiger partial charge < -0.3 is 15.8 Å². The molecule has 0 saturated heterocycles. The minimum Gasteiger partial charge on any atom is -0.468 e. The molecule has 0 heterocycles. The Morgan fingerprint density at radius 2 is 2.00 bits per heavy atom. The van der Waals surface area contributed by atoms with Gasteiger partial charge in [-0.1, -0.05) is 12.8 Å². The van der Waals surface area contributed by atoms with E-state index in [2.05, 4.69) is 10.1 Å². The van der Waals surface area contributed by atoms with Crippen LogP contribution in [-0.2, 0) is 14.3 Å². The van der Waals surface area contributed by atoms with E-state index < -0.39 is 11.5 Å². The molecule has 0 unspecified atom stereocenters. The maximum Gasteiger partial charge on any atom is 0.325 e. The molecule has 1 rings (SSSR count). The van der Waals surface area contributed by atoms with Gasteiger partial charge in [0.15, 0.2) is 0 Å². The first-order valence-corrected chi connectivity index (χ1v) is 4.72. The Hall–Kier alpha value is -1.10. The van der Waals surface area contributed by atoms with Crippen molar-refractivity contribution < 1.29 is 14.3 Å². The molecule has 0 aliphatic heterocycles. The molecule has 0 aromatic carbocycles. The van der Waals surface area contributed by atoms with Crippen LogP contribution in [0.15, 0.2) is 0 Å². The van der Waals surface area contributed by atoms with E-state index in [1.54, 1.807) is 0 Å². The van der Waals surface area contributed by atoms with Crippen molar-refractivity contribution in [2.24, 2.45) is 5.73 Å². The number of hydrogen-bond acceptors (Lipinski definition) is 4. The van der Waals surface area contributed by atoms with Gasteiger partial charge in [0.05, 0.1) is 12.6 Å². The van der Waals surface area contributed by atoms with Crippen LogP contribution in [0, 0.1) is 0 Å². The van der Waals surface area contributed by atoms with Crippen LogP contribution in [0.1, 0.15) is 25.7 Å². The highest BCUT2D eigenvalue weighted by molar-refractivity contribution is 5.89. The number of methoxy groups -OCH3 is 1. The minimum atomic E-state index is -0.770. The van der Waals surface area contributed by atoms with Crippen molar-refractivity contribution in [3.05, 3.63) is 0 Å². The van der Waals surface area contributed by atoms with E-state index in [9.17, 15) is 9.59 Å². The normalized spacial score (nSPS) is 19.0. The summed E-state index contributed by atoms with van der Waals surface area (Å²) in [4.78, 5) is 22.3. The lowest BCUT2D eigenvalue weighted by Gasteiger charge is -2.21. The summed E-state index contributed by atoms with van der Waals surface area (Å²) in [6.07, 6.45) is 3.34. The molecule has 0 bridgehead atoms. The quantitative estimate of drug-likeness (QED) is 0.604. The van der Waals surface area contributed by atoms with Crippen molar-refractivity contribution >= 4 is 11.9 Å². The molecule has 1 fully saturated rings. The molecule has 80 valence electrons. The van der Waals surface area contributed by atoms with E-state index in [0.717, 1.165) is 12.8 Å². The van der Waals surface area contributed by atoms with Gasteiger partial charge in [0.1, 0.15) is 6.54 Å². The molecule has 5 heteroatoms. The number of nitrogens with one attached hydrogen (secondary N) is 1. The van der Waals surface area contributed by atoms with Crippen LogP contribution in [-0.4, -0.2) is 31.1 Å². The summed E-state index contributed by atoms with van der Waals surface area (Å²) in [5.41, 5.74) is 5.10. The Balaban J connectivity index is 2.38. The van der Waals surface area contributed by atoms with Crippen molar-refractivity contribution in [3.63, 3.8) is 0 Å². The number of carbonyl (C=O) groups is 2. The van der Waals surface area contributed by atoms with E-state index in [-0.39, 0.29) is 12.5 Å². The average molecular weight is 200 g/mol. The van der Waals surface area contributed by atoms with E-state index >= 15 is 0 Å². The van der Waals surface area contributed by atoms with Crippen LogP contribution in [0.3, 0.4) is 0 Å². The molecule has 3 N–H and O–H groups in total. The fourth-order valence-electron chi connectivity index (χ4n) is 1.63. The summed E-state index contributed by atoms with van der Waals surface area (Å²) >= 11 is 0. The lowest BCUT2D eigenvalue weighted by molar-refractivity contribution is -0.141. The highest BCUT2D eigenvalue weighted by Crippen LogP contribution is 2.26. The van der Waals surface area contributed by atoms with Crippen LogP contribution < -0.4 is 11.1 Å². The number of hydrogen-bond donors (Lipinski definition) is 2. The highest BCUT2D eigenvalue weighted by Gasteiger charge is 2.36. The lowest BCUT2D eigenvalue weighted by atomic mass is 9.98. The average Bonchev–Trinajstić information content (AvgIpc) is 2.62. The Kier molecular flexibility index (Phi) is 3.46.